The van der Waals surface area contributed by atoms with Crippen LogP contribution < -0.4 is 16.1 Å². The number of carbonyl (C=O) groups is 4. The minimum Gasteiger partial charge on any atom is -0.444 e. The van der Waals surface area contributed by atoms with Gasteiger partial charge in [-0.15, -0.1) is 0 Å². The number of nitrogens with zero attached hydrogens (tertiary/aromatic N) is 1. The molecule has 33 heavy (non-hydrogen) atoms. The Kier molecular flexibility index (Phi) is 6.71. The van der Waals surface area contributed by atoms with Crippen LogP contribution in [-0.2, 0) is 26.3 Å². The second-order valence-electron chi connectivity index (χ2n) is 8.73. The van der Waals surface area contributed by atoms with Gasteiger partial charge >= 0.3 is 12.1 Å². The van der Waals surface area contributed by atoms with Gasteiger partial charge in [-0.2, -0.15) is 5.01 Å². The van der Waals surface area contributed by atoms with Gasteiger partial charge in [-0.3, -0.25) is 20.3 Å². The maximum Gasteiger partial charge on any atom is 0.412 e. The highest BCUT2D eigenvalue weighted by Gasteiger charge is 2.52. The van der Waals surface area contributed by atoms with E-state index in [2.05, 4.69) is 16.1 Å². The molecule has 1 atom stereocenters. The van der Waals surface area contributed by atoms with E-state index in [1.165, 1.54) is 0 Å². The Morgan fingerprint density at radius 1 is 1.03 bits per heavy atom. The van der Waals surface area contributed by atoms with Crippen molar-refractivity contribution in [3.8, 4) is 0 Å². The fourth-order valence-corrected chi connectivity index (χ4v) is 3.52. The van der Waals surface area contributed by atoms with Gasteiger partial charge in [-0.05, 0) is 50.5 Å². The van der Waals surface area contributed by atoms with E-state index in [1.807, 2.05) is 6.07 Å². The molecule has 1 aliphatic rings. The molecular weight excluding hydrogens is 424 g/mol. The smallest absolute Gasteiger partial charge is 0.412 e. The number of carbonyl (C=O) groups excluding carboxylic acids is 4. The van der Waals surface area contributed by atoms with E-state index in [-0.39, 0.29) is 6.42 Å². The maximum atomic E-state index is 13.1. The lowest BCUT2D eigenvalue weighted by Gasteiger charge is -2.25. The summed E-state index contributed by atoms with van der Waals surface area (Å²) >= 11 is 0. The summed E-state index contributed by atoms with van der Waals surface area (Å²) < 4.78 is 5.20. The first kappa shape index (κ1) is 23.8. The monoisotopic (exact) mass is 452 g/mol. The molecule has 0 bridgehead atoms. The molecule has 0 aromatic heterocycles. The van der Waals surface area contributed by atoms with E-state index in [9.17, 15) is 19.2 Å². The molecule has 0 aliphatic carbocycles. The summed E-state index contributed by atoms with van der Waals surface area (Å²) in [6, 6.07) is 14.8. The number of nitrogens with one attached hydrogen (secondary N) is 3. The van der Waals surface area contributed by atoms with Gasteiger partial charge in [0.25, 0.3) is 5.91 Å². The number of imide groups is 1. The van der Waals surface area contributed by atoms with Crippen LogP contribution in [0.1, 0.15) is 45.2 Å². The fourth-order valence-electron chi connectivity index (χ4n) is 3.52. The highest BCUT2D eigenvalue weighted by Crippen LogP contribution is 2.31. The average Bonchev–Trinajstić information content (AvgIpc) is 2.99. The molecule has 1 saturated heterocycles. The molecule has 9 nitrogen and oxygen atoms in total. The predicted molar refractivity (Wildman–Crippen MR) is 122 cm³/mol. The third kappa shape index (κ3) is 5.49. The molecule has 3 rings (SSSR count). The van der Waals surface area contributed by atoms with Gasteiger partial charge in [0.15, 0.2) is 0 Å². The van der Waals surface area contributed by atoms with Crippen molar-refractivity contribution in [1.29, 1.82) is 0 Å². The minimum atomic E-state index is -1.22. The average molecular weight is 453 g/mol. The van der Waals surface area contributed by atoms with Gasteiger partial charge in [0, 0.05) is 5.69 Å². The molecule has 0 saturated carbocycles. The Balaban J connectivity index is 1.62. The number of hydrazine groups is 1. The van der Waals surface area contributed by atoms with Crippen molar-refractivity contribution in [3.63, 3.8) is 0 Å². The summed E-state index contributed by atoms with van der Waals surface area (Å²) in [6.45, 7) is 7.10. The molecule has 1 aliphatic heterocycles. The largest absolute Gasteiger partial charge is 0.444 e. The number of rotatable bonds is 6. The van der Waals surface area contributed by atoms with Gasteiger partial charge in [0.2, 0.25) is 5.91 Å². The molecule has 2 aromatic rings. The first-order chi connectivity index (χ1) is 15.5. The second kappa shape index (κ2) is 9.32. The van der Waals surface area contributed by atoms with E-state index in [4.69, 9.17) is 4.74 Å². The van der Waals surface area contributed by atoms with E-state index < -0.39 is 35.1 Å². The van der Waals surface area contributed by atoms with E-state index in [1.54, 1.807) is 76.2 Å². The number of anilines is 1. The lowest BCUT2D eigenvalue weighted by Crippen LogP contribution is -2.49. The topological polar surface area (TPSA) is 117 Å². The molecule has 0 spiro atoms. The fraction of sp³-hybridized carbons (Fsp3) is 0.333. The van der Waals surface area contributed by atoms with Crippen LogP contribution in [0.3, 0.4) is 0 Å². The lowest BCUT2D eigenvalue weighted by molar-refractivity contribution is -0.139. The van der Waals surface area contributed by atoms with Gasteiger partial charge in [-0.1, -0.05) is 49.4 Å². The van der Waals surface area contributed by atoms with Crippen molar-refractivity contribution in [2.45, 2.75) is 51.7 Å². The third-order valence-corrected chi connectivity index (χ3v) is 5.09. The number of amides is 5. The summed E-state index contributed by atoms with van der Waals surface area (Å²) in [4.78, 5) is 50.0. The van der Waals surface area contributed by atoms with Crippen LogP contribution in [0.25, 0.3) is 0 Å². The normalized spacial score (nSPS) is 18.0. The minimum absolute atomic E-state index is 0.0613. The molecule has 0 radical (unpaired) electrons. The van der Waals surface area contributed by atoms with Crippen LogP contribution in [-0.4, -0.2) is 34.5 Å². The van der Waals surface area contributed by atoms with Crippen molar-refractivity contribution >= 4 is 29.6 Å². The quantitative estimate of drug-likeness (QED) is 0.581. The van der Waals surface area contributed by atoms with Gasteiger partial charge in [0.1, 0.15) is 11.1 Å². The summed E-state index contributed by atoms with van der Waals surface area (Å²) in [5.41, 5.74) is 2.36. The highest BCUT2D eigenvalue weighted by atomic mass is 16.6. The third-order valence-electron chi connectivity index (χ3n) is 5.09. The Hall–Kier alpha value is -3.88. The summed E-state index contributed by atoms with van der Waals surface area (Å²) in [7, 11) is 0. The Labute approximate surface area is 192 Å². The van der Waals surface area contributed by atoms with Crippen molar-refractivity contribution in [3.05, 3.63) is 65.7 Å². The zero-order valence-electron chi connectivity index (χ0n) is 19.1. The van der Waals surface area contributed by atoms with E-state index in [0.717, 1.165) is 5.01 Å². The first-order valence-corrected chi connectivity index (χ1v) is 10.6. The molecule has 3 N–H and O–H groups in total. The molecular formula is C24H28N4O5. The molecule has 1 heterocycles. The van der Waals surface area contributed by atoms with Crippen LogP contribution in [0, 0.1) is 0 Å². The SMILES string of the molecule is CC[C@@]1(c2ccccc2)NC(=O)N(NC(=O)Cc2ccc(NC(=O)OC(C)(C)C)cc2)C1=O. The Morgan fingerprint density at radius 2 is 1.67 bits per heavy atom. The lowest BCUT2D eigenvalue weighted by atomic mass is 9.87. The van der Waals surface area contributed by atoms with Crippen LogP contribution in [0.2, 0.25) is 0 Å². The van der Waals surface area contributed by atoms with Gasteiger partial charge in [-0.25, -0.2) is 9.59 Å². The molecule has 2 aromatic carbocycles. The number of urea groups is 1. The van der Waals surface area contributed by atoms with Crippen LogP contribution in [0.4, 0.5) is 15.3 Å². The molecule has 174 valence electrons. The van der Waals surface area contributed by atoms with Gasteiger partial charge in [0.05, 0.1) is 6.42 Å². The predicted octanol–water partition coefficient (Wildman–Crippen LogP) is 3.46. The van der Waals surface area contributed by atoms with Gasteiger partial charge < -0.3 is 10.1 Å². The number of hydrogen-bond acceptors (Lipinski definition) is 5. The Morgan fingerprint density at radius 3 is 2.24 bits per heavy atom. The van der Waals surface area contributed by atoms with Crippen molar-refractivity contribution < 1.29 is 23.9 Å². The molecule has 1 fully saturated rings. The summed E-state index contributed by atoms with van der Waals surface area (Å²) in [5, 5.41) is 6.06. The standard InChI is InChI=1S/C24H28N4O5/c1-5-24(17-9-7-6-8-10-17)20(30)28(21(31)26-24)27-19(29)15-16-11-13-18(14-12-16)25-22(32)33-23(2,3)4/h6-14H,5,15H2,1-4H3,(H,25,32)(H,26,31)(H,27,29)/t24-/m0/s1. The zero-order valence-corrected chi connectivity index (χ0v) is 19.1. The Bertz CT molecular complexity index is 1050. The van der Waals surface area contributed by atoms with E-state index in [0.29, 0.717) is 23.2 Å². The first-order valence-electron chi connectivity index (χ1n) is 10.6. The number of benzene rings is 2. The number of ether oxygens (including phenoxy) is 1. The maximum absolute atomic E-state index is 13.1. The van der Waals surface area contributed by atoms with Crippen molar-refractivity contribution in [2.75, 3.05) is 5.32 Å². The second-order valence-corrected chi connectivity index (χ2v) is 8.73. The zero-order chi connectivity index (χ0) is 24.2. The summed E-state index contributed by atoms with van der Waals surface area (Å²) in [6.07, 6.45) is -0.307. The van der Waals surface area contributed by atoms with Crippen molar-refractivity contribution in [2.24, 2.45) is 0 Å². The van der Waals surface area contributed by atoms with Crippen LogP contribution >= 0.6 is 0 Å². The van der Waals surface area contributed by atoms with Crippen LogP contribution in [0.15, 0.2) is 54.6 Å². The number of hydrogen-bond donors (Lipinski definition) is 3. The van der Waals surface area contributed by atoms with E-state index >= 15 is 0 Å². The molecule has 5 amide bonds. The molecule has 9 heteroatoms. The highest BCUT2D eigenvalue weighted by molar-refractivity contribution is 6.08. The van der Waals surface area contributed by atoms with Crippen molar-refractivity contribution in [1.82, 2.24) is 15.8 Å². The molecule has 0 unspecified atom stereocenters. The summed E-state index contributed by atoms with van der Waals surface area (Å²) in [5.74, 6) is -1.06. The van der Waals surface area contributed by atoms with Crippen LogP contribution in [0.5, 0.6) is 0 Å².